The van der Waals surface area contributed by atoms with Gasteiger partial charge in [-0.3, -0.25) is 4.79 Å². The second-order valence-corrected chi connectivity index (χ2v) is 7.44. The third-order valence-electron chi connectivity index (χ3n) is 2.79. The van der Waals surface area contributed by atoms with E-state index in [1.807, 2.05) is 32.8 Å². The zero-order valence-electron chi connectivity index (χ0n) is 13.1. The number of rotatable bonds is 9. The number of carbonyl (C=O) groups is 1. The summed E-state index contributed by atoms with van der Waals surface area (Å²) in [4.78, 5) is 17.8. The number of aliphatic hydroxyl groups excluding tert-OH is 1. The van der Waals surface area contributed by atoms with Crippen LogP contribution in [-0.2, 0) is 9.53 Å². The van der Waals surface area contributed by atoms with Crippen molar-refractivity contribution in [3.05, 3.63) is 11.4 Å². The van der Waals surface area contributed by atoms with Crippen LogP contribution in [0.5, 0.6) is 0 Å². The first-order chi connectivity index (χ1) is 9.17. The fourth-order valence-corrected chi connectivity index (χ4v) is 2.97. The van der Waals surface area contributed by atoms with Gasteiger partial charge >= 0.3 is 5.97 Å². The lowest BCUT2D eigenvalue weighted by atomic mass is 9.92. The third kappa shape index (κ3) is 7.13. The van der Waals surface area contributed by atoms with Gasteiger partial charge in [0.1, 0.15) is 11.4 Å². The van der Waals surface area contributed by atoms with E-state index in [0.29, 0.717) is 25.3 Å². The highest BCUT2D eigenvalue weighted by molar-refractivity contribution is 8.01. The number of ether oxygens (including phenoxy) is 1. The number of hydrogen-bond donors (Lipinski definition) is 1. The van der Waals surface area contributed by atoms with E-state index in [4.69, 9.17) is 16.4 Å². The lowest BCUT2D eigenvalue weighted by Crippen LogP contribution is -2.41. The van der Waals surface area contributed by atoms with Crippen LogP contribution in [-0.4, -0.2) is 65.9 Å². The molecule has 0 saturated heterocycles. The van der Waals surface area contributed by atoms with Crippen LogP contribution >= 0.6 is 11.8 Å². The molecule has 0 aromatic heterocycles. The first-order valence-electron chi connectivity index (χ1n) is 6.62. The van der Waals surface area contributed by atoms with Crippen molar-refractivity contribution in [3.63, 3.8) is 0 Å². The molecule has 0 rings (SSSR count). The normalized spacial score (nSPS) is 14.7. The fraction of sp³-hybridized carbons (Fsp3) is 0.857. The third-order valence-corrected chi connectivity index (χ3v) is 4.12. The average Bonchev–Trinajstić information content (AvgIpc) is 2.35. The number of aliphatic hydroxyl groups is 1. The molecule has 0 amide bonds. The quantitative estimate of drug-likeness (QED) is 0.518. The Bertz CT molecular complexity index is 353. The summed E-state index contributed by atoms with van der Waals surface area (Å²) in [6.07, 6.45) is 0.398. The number of nitrogens with zero attached hydrogens (tertiary/aromatic N) is 2. The molecular formula is C14H26N2O3S. The molecule has 0 saturated carbocycles. The monoisotopic (exact) mass is 302 g/mol. The van der Waals surface area contributed by atoms with Crippen LogP contribution in [0.2, 0.25) is 0 Å². The molecule has 5 nitrogen and oxygen atoms in total. The summed E-state index contributed by atoms with van der Waals surface area (Å²) in [6, 6.07) is 0. The maximum absolute atomic E-state index is 12.3. The molecule has 0 fully saturated rings. The molecule has 1 atom stereocenters. The van der Waals surface area contributed by atoms with E-state index in [9.17, 15) is 4.79 Å². The smallest absolute Gasteiger partial charge is 0.322 e. The summed E-state index contributed by atoms with van der Waals surface area (Å²) >= 11 is 1.35. The van der Waals surface area contributed by atoms with Gasteiger partial charge in [0.25, 0.3) is 0 Å². The molecule has 0 aromatic rings. The molecule has 1 unspecified atom stereocenters. The molecule has 0 heterocycles. The minimum Gasteiger partial charge on any atom is -0.463 e. The van der Waals surface area contributed by atoms with Crippen molar-refractivity contribution in [1.82, 2.24) is 4.90 Å². The maximum Gasteiger partial charge on any atom is 0.322 e. The highest BCUT2D eigenvalue weighted by Crippen LogP contribution is 2.36. The van der Waals surface area contributed by atoms with Crippen molar-refractivity contribution in [1.29, 1.82) is 0 Å². The number of hydrogen-bond acceptors (Lipinski definition) is 5. The van der Waals surface area contributed by atoms with Crippen LogP contribution in [0.15, 0.2) is 0 Å². The molecule has 0 aliphatic heterocycles. The highest BCUT2D eigenvalue weighted by Gasteiger charge is 2.43. The molecular weight excluding hydrogens is 276 g/mol. The SMILES string of the molecule is [C-]#[N+]C(C)(C)CC(C)(SCCO)C(=O)OCCN(C)C. The lowest BCUT2D eigenvalue weighted by molar-refractivity contribution is -0.146. The Morgan fingerprint density at radius 3 is 2.45 bits per heavy atom. The topological polar surface area (TPSA) is 54.1 Å². The Morgan fingerprint density at radius 2 is 2.00 bits per heavy atom. The van der Waals surface area contributed by atoms with E-state index < -0.39 is 10.3 Å². The van der Waals surface area contributed by atoms with Gasteiger partial charge in [-0.05, 0) is 21.0 Å². The standard InChI is InChI=1S/C14H26N2O3S/c1-13(2,15-4)11-14(3,20-10-8-17)12(18)19-9-7-16(5)6/h17H,7-11H2,1-3,5-6H3. The molecule has 0 aliphatic carbocycles. The molecule has 116 valence electrons. The van der Waals surface area contributed by atoms with Gasteiger partial charge in [0, 0.05) is 26.1 Å². The summed E-state index contributed by atoms with van der Waals surface area (Å²) in [7, 11) is 3.82. The molecule has 1 N–H and O–H groups in total. The van der Waals surface area contributed by atoms with E-state index in [2.05, 4.69) is 4.85 Å². The van der Waals surface area contributed by atoms with Crippen molar-refractivity contribution in [2.24, 2.45) is 0 Å². The fourth-order valence-electron chi connectivity index (χ4n) is 1.79. The summed E-state index contributed by atoms with van der Waals surface area (Å²) < 4.78 is 4.52. The van der Waals surface area contributed by atoms with Crippen LogP contribution in [0, 0.1) is 6.57 Å². The Morgan fingerprint density at radius 1 is 1.40 bits per heavy atom. The zero-order valence-corrected chi connectivity index (χ0v) is 13.9. The minimum absolute atomic E-state index is 0.00365. The first kappa shape index (κ1) is 19.2. The van der Waals surface area contributed by atoms with Crippen LogP contribution in [0.25, 0.3) is 4.85 Å². The van der Waals surface area contributed by atoms with Gasteiger partial charge in [-0.15, -0.1) is 11.8 Å². The molecule has 0 bridgehead atoms. The summed E-state index contributed by atoms with van der Waals surface area (Å²) in [6.45, 7) is 13.6. The van der Waals surface area contributed by atoms with Crippen molar-refractivity contribution in [2.75, 3.05) is 39.6 Å². The first-order valence-corrected chi connectivity index (χ1v) is 7.61. The van der Waals surface area contributed by atoms with Gasteiger partial charge in [-0.2, -0.15) is 0 Å². The molecule has 0 spiro atoms. The largest absolute Gasteiger partial charge is 0.463 e. The average molecular weight is 302 g/mol. The van der Waals surface area contributed by atoms with Gasteiger partial charge in [-0.25, -0.2) is 6.57 Å². The molecule has 20 heavy (non-hydrogen) atoms. The van der Waals surface area contributed by atoms with Crippen LogP contribution < -0.4 is 0 Å². The maximum atomic E-state index is 12.3. The second-order valence-electron chi connectivity index (χ2n) is 5.84. The van der Waals surface area contributed by atoms with Gasteiger partial charge in [-0.1, -0.05) is 0 Å². The van der Waals surface area contributed by atoms with Crippen molar-refractivity contribution >= 4 is 17.7 Å². The Labute approximate surface area is 126 Å². The van der Waals surface area contributed by atoms with Gasteiger partial charge in [0.15, 0.2) is 0 Å². The molecule has 0 aliphatic rings. The predicted molar refractivity (Wildman–Crippen MR) is 82.8 cm³/mol. The van der Waals surface area contributed by atoms with Crippen LogP contribution in [0.3, 0.4) is 0 Å². The molecule has 0 aromatic carbocycles. The molecule has 6 heteroatoms. The number of esters is 1. The van der Waals surface area contributed by atoms with Crippen molar-refractivity contribution in [2.45, 2.75) is 37.5 Å². The van der Waals surface area contributed by atoms with E-state index >= 15 is 0 Å². The van der Waals surface area contributed by atoms with Gasteiger partial charge in [0.2, 0.25) is 5.54 Å². The second kappa shape index (κ2) is 8.50. The van der Waals surface area contributed by atoms with Gasteiger partial charge in [0.05, 0.1) is 13.0 Å². The lowest BCUT2D eigenvalue weighted by Gasteiger charge is -2.29. The Kier molecular flexibility index (Phi) is 8.17. The van der Waals surface area contributed by atoms with Crippen LogP contribution in [0.1, 0.15) is 27.2 Å². The van der Waals surface area contributed by atoms with E-state index in [0.717, 1.165) is 0 Å². The zero-order chi connectivity index (χ0) is 15.8. The summed E-state index contributed by atoms with van der Waals surface area (Å²) in [5.74, 6) is 0.141. The van der Waals surface area contributed by atoms with E-state index in [-0.39, 0.29) is 12.6 Å². The molecule has 0 radical (unpaired) electrons. The number of carbonyl (C=O) groups excluding carboxylic acids is 1. The van der Waals surface area contributed by atoms with E-state index in [1.54, 1.807) is 6.92 Å². The highest BCUT2D eigenvalue weighted by atomic mass is 32.2. The minimum atomic E-state index is -0.802. The number of likely N-dealkylation sites (N-methyl/N-ethyl adjacent to an activating group) is 1. The van der Waals surface area contributed by atoms with Crippen molar-refractivity contribution < 1.29 is 14.6 Å². The predicted octanol–water partition coefficient (Wildman–Crippen LogP) is 1.66. The summed E-state index contributed by atoms with van der Waals surface area (Å²) in [5, 5.41) is 8.98. The Hall–Kier alpha value is -0.770. The Balaban J connectivity index is 4.76. The van der Waals surface area contributed by atoms with Gasteiger partial charge < -0.3 is 19.6 Å². The van der Waals surface area contributed by atoms with E-state index in [1.165, 1.54) is 11.8 Å². The number of thioether (sulfide) groups is 1. The summed E-state index contributed by atoms with van der Waals surface area (Å²) in [5.41, 5.74) is -0.627. The van der Waals surface area contributed by atoms with Crippen LogP contribution in [0.4, 0.5) is 0 Å². The van der Waals surface area contributed by atoms with Crippen molar-refractivity contribution in [3.8, 4) is 0 Å².